The van der Waals surface area contributed by atoms with Crippen LogP contribution in [0.5, 0.6) is 0 Å². The first-order chi connectivity index (χ1) is 13.1. The van der Waals surface area contributed by atoms with Gasteiger partial charge in [-0.3, -0.25) is 14.4 Å². The molecule has 0 radical (unpaired) electrons. The predicted molar refractivity (Wildman–Crippen MR) is 99.9 cm³/mol. The van der Waals surface area contributed by atoms with Crippen molar-refractivity contribution >= 4 is 11.9 Å². The van der Waals surface area contributed by atoms with Crippen LogP contribution in [0, 0.1) is 5.92 Å². The van der Waals surface area contributed by atoms with E-state index < -0.39 is 23.8 Å². The highest BCUT2D eigenvalue weighted by Crippen LogP contribution is 2.23. The number of carboxylic acid groups (broad SMARTS) is 1. The molecule has 1 aromatic heterocycles. The van der Waals surface area contributed by atoms with Crippen molar-refractivity contribution in [3.8, 4) is 5.69 Å². The molecule has 1 aliphatic rings. The molecule has 1 fully saturated rings. The van der Waals surface area contributed by atoms with Crippen LogP contribution in [-0.2, 0) is 4.79 Å². The van der Waals surface area contributed by atoms with Gasteiger partial charge in [0.15, 0.2) is 0 Å². The van der Waals surface area contributed by atoms with Crippen LogP contribution in [0.25, 0.3) is 5.69 Å². The minimum Gasteiger partial charge on any atom is -0.481 e. The molecule has 1 aromatic carbocycles. The van der Waals surface area contributed by atoms with Gasteiger partial charge in [-0.15, -0.1) is 0 Å². The molecule has 2 N–H and O–H groups in total. The number of nitrogens with one attached hydrogen (secondary N) is 1. The Labute approximate surface area is 157 Å². The highest BCUT2D eigenvalue weighted by Gasteiger charge is 2.30. The second-order valence-corrected chi connectivity index (χ2v) is 6.82. The average molecular weight is 369 g/mol. The molecule has 1 saturated carbocycles. The average Bonchev–Trinajstić information content (AvgIpc) is 2.64. The van der Waals surface area contributed by atoms with Crippen molar-refractivity contribution in [1.82, 2.24) is 15.1 Å². The summed E-state index contributed by atoms with van der Waals surface area (Å²) >= 11 is 0. The largest absolute Gasteiger partial charge is 0.481 e. The van der Waals surface area contributed by atoms with Crippen molar-refractivity contribution in [3.63, 3.8) is 0 Å². The standard InChI is InChI=1S/C20H23N3O4/c24-18-13-12-17(22-23(18)14-8-4-3-5-9-14)19(25)21-16-11-7-2-1-6-10-15(16)20(26)27/h3-5,8-9,12-13,15-16H,1-2,6-7,10-11H2,(H,21,25)(H,26,27). The fourth-order valence-electron chi connectivity index (χ4n) is 3.48. The molecule has 0 aliphatic heterocycles. The smallest absolute Gasteiger partial charge is 0.308 e. The number of aromatic nitrogens is 2. The number of nitrogens with zero attached hydrogens (tertiary/aromatic N) is 2. The summed E-state index contributed by atoms with van der Waals surface area (Å²) in [7, 11) is 0. The van der Waals surface area contributed by atoms with Crippen molar-refractivity contribution < 1.29 is 14.7 Å². The SMILES string of the molecule is O=C(NC1CCCCCCC1C(=O)O)c1ccc(=O)n(-c2ccccc2)n1. The van der Waals surface area contributed by atoms with E-state index in [0.29, 0.717) is 18.5 Å². The first-order valence-corrected chi connectivity index (χ1v) is 9.26. The van der Waals surface area contributed by atoms with Gasteiger partial charge < -0.3 is 10.4 Å². The van der Waals surface area contributed by atoms with E-state index in [2.05, 4.69) is 10.4 Å². The van der Waals surface area contributed by atoms with Crippen LogP contribution in [0.3, 0.4) is 0 Å². The summed E-state index contributed by atoms with van der Waals surface area (Å²) in [6.45, 7) is 0. The van der Waals surface area contributed by atoms with Gasteiger partial charge in [0.05, 0.1) is 11.6 Å². The van der Waals surface area contributed by atoms with Crippen LogP contribution >= 0.6 is 0 Å². The minimum absolute atomic E-state index is 0.0876. The Bertz CT molecular complexity index is 863. The van der Waals surface area contributed by atoms with Crippen molar-refractivity contribution in [1.29, 1.82) is 0 Å². The van der Waals surface area contributed by atoms with Crippen molar-refractivity contribution in [2.45, 2.75) is 44.6 Å². The zero-order chi connectivity index (χ0) is 19.2. The highest BCUT2D eigenvalue weighted by molar-refractivity contribution is 5.92. The summed E-state index contributed by atoms with van der Waals surface area (Å²) < 4.78 is 1.17. The van der Waals surface area contributed by atoms with E-state index in [0.717, 1.165) is 25.7 Å². The molecule has 2 unspecified atom stereocenters. The first kappa shape index (κ1) is 18.8. The molecular formula is C20H23N3O4. The Kier molecular flexibility index (Phi) is 6.01. The minimum atomic E-state index is -0.885. The molecule has 1 heterocycles. The van der Waals surface area contributed by atoms with E-state index in [4.69, 9.17) is 0 Å². The van der Waals surface area contributed by atoms with Gasteiger partial charge >= 0.3 is 5.97 Å². The highest BCUT2D eigenvalue weighted by atomic mass is 16.4. The molecule has 7 nitrogen and oxygen atoms in total. The fraction of sp³-hybridized carbons (Fsp3) is 0.400. The zero-order valence-electron chi connectivity index (χ0n) is 15.0. The molecule has 0 bridgehead atoms. The number of aliphatic carboxylic acids is 1. The molecule has 0 spiro atoms. The van der Waals surface area contributed by atoms with E-state index in [9.17, 15) is 19.5 Å². The maximum absolute atomic E-state index is 12.7. The van der Waals surface area contributed by atoms with Crippen LogP contribution in [0.2, 0.25) is 0 Å². The van der Waals surface area contributed by atoms with E-state index in [1.54, 1.807) is 24.3 Å². The summed E-state index contributed by atoms with van der Waals surface area (Å²) in [5.74, 6) is -1.95. The topological polar surface area (TPSA) is 101 Å². The lowest BCUT2D eigenvalue weighted by Gasteiger charge is -2.27. The van der Waals surface area contributed by atoms with Crippen LogP contribution in [0.1, 0.15) is 49.0 Å². The molecule has 0 saturated heterocycles. The molecule has 7 heteroatoms. The van der Waals surface area contributed by atoms with Crippen LogP contribution in [-0.4, -0.2) is 32.8 Å². The number of carbonyl (C=O) groups is 2. The lowest BCUT2D eigenvalue weighted by molar-refractivity contribution is -0.143. The predicted octanol–water partition coefficient (Wildman–Crippen LogP) is 2.39. The Balaban J connectivity index is 1.82. The first-order valence-electron chi connectivity index (χ1n) is 9.26. The van der Waals surface area contributed by atoms with E-state index in [1.807, 2.05) is 6.07 Å². The number of carbonyl (C=O) groups excluding carboxylic acids is 1. The van der Waals surface area contributed by atoms with Gasteiger partial charge in [0.2, 0.25) is 0 Å². The maximum atomic E-state index is 12.7. The number of hydrogen-bond donors (Lipinski definition) is 2. The normalized spacial score (nSPS) is 20.3. The Morgan fingerprint density at radius 3 is 2.41 bits per heavy atom. The molecule has 1 aliphatic carbocycles. The van der Waals surface area contributed by atoms with Crippen LogP contribution in [0.4, 0.5) is 0 Å². The number of rotatable bonds is 4. The number of amides is 1. The van der Waals surface area contributed by atoms with Gasteiger partial charge in [-0.25, -0.2) is 0 Å². The lowest BCUT2D eigenvalue weighted by Crippen LogP contribution is -2.44. The third kappa shape index (κ3) is 4.61. The second-order valence-electron chi connectivity index (χ2n) is 6.82. The van der Waals surface area contributed by atoms with Crippen molar-refractivity contribution in [3.05, 3.63) is 58.5 Å². The third-order valence-electron chi connectivity index (χ3n) is 4.93. The zero-order valence-corrected chi connectivity index (χ0v) is 15.0. The van der Waals surface area contributed by atoms with Gasteiger partial charge in [-0.05, 0) is 31.0 Å². The summed E-state index contributed by atoms with van der Waals surface area (Å²) in [4.78, 5) is 36.4. The molecule has 3 rings (SSSR count). The Hall–Kier alpha value is -2.96. The second kappa shape index (κ2) is 8.62. The molecule has 2 aromatic rings. The van der Waals surface area contributed by atoms with Crippen molar-refractivity contribution in [2.75, 3.05) is 0 Å². The Morgan fingerprint density at radius 1 is 1.00 bits per heavy atom. The molecular weight excluding hydrogens is 346 g/mol. The van der Waals surface area contributed by atoms with Crippen LogP contribution in [0.15, 0.2) is 47.3 Å². The summed E-state index contributed by atoms with van der Waals surface area (Å²) in [6.07, 6.45) is 4.97. The maximum Gasteiger partial charge on any atom is 0.308 e. The van der Waals surface area contributed by atoms with E-state index in [1.165, 1.54) is 16.8 Å². The quantitative estimate of drug-likeness (QED) is 0.862. The lowest BCUT2D eigenvalue weighted by atomic mass is 9.86. The monoisotopic (exact) mass is 369 g/mol. The number of hydrogen-bond acceptors (Lipinski definition) is 4. The number of carboxylic acids is 1. The fourth-order valence-corrected chi connectivity index (χ4v) is 3.48. The molecule has 142 valence electrons. The van der Waals surface area contributed by atoms with Gasteiger partial charge in [-0.1, -0.05) is 43.9 Å². The van der Waals surface area contributed by atoms with E-state index in [-0.39, 0.29) is 11.3 Å². The molecule has 2 atom stereocenters. The van der Waals surface area contributed by atoms with Crippen molar-refractivity contribution in [2.24, 2.45) is 5.92 Å². The van der Waals surface area contributed by atoms with Gasteiger partial charge in [0.25, 0.3) is 11.5 Å². The number of para-hydroxylation sites is 1. The van der Waals surface area contributed by atoms with Gasteiger partial charge in [0, 0.05) is 12.1 Å². The summed E-state index contributed by atoms with van der Waals surface area (Å²) in [5, 5.41) is 16.5. The molecule has 27 heavy (non-hydrogen) atoms. The van der Waals surface area contributed by atoms with Gasteiger partial charge in [0.1, 0.15) is 5.69 Å². The summed E-state index contributed by atoms with van der Waals surface area (Å²) in [5.41, 5.74) is 0.309. The van der Waals surface area contributed by atoms with Gasteiger partial charge in [-0.2, -0.15) is 9.78 Å². The Morgan fingerprint density at radius 2 is 1.70 bits per heavy atom. The molecule has 1 amide bonds. The van der Waals surface area contributed by atoms with E-state index >= 15 is 0 Å². The van der Waals surface area contributed by atoms with Crippen LogP contribution < -0.4 is 10.9 Å². The summed E-state index contributed by atoms with van der Waals surface area (Å²) in [6, 6.07) is 11.1. The number of benzene rings is 1. The third-order valence-corrected chi connectivity index (χ3v) is 4.93.